The van der Waals surface area contributed by atoms with Gasteiger partial charge in [0, 0.05) is 16.1 Å². The van der Waals surface area contributed by atoms with Crippen LogP contribution in [0.2, 0.25) is 0 Å². The van der Waals surface area contributed by atoms with Crippen LogP contribution in [0.25, 0.3) is 11.5 Å². The number of carbonyl (C=O) groups excluding carboxylic acids is 1. The molecular formula is C14H12N4O2S. The summed E-state index contributed by atoms with van der Waals surface area (Å²) >= 11 is 1.46. The number of carbonyl (C=O) groups is 1. The van der Waals surface area contributed by atoms with Crippen LogP contribution in [0.15, 0.2) is 52.6 Å². The summed E-state index contributed by atoms with van der Waals surface area (Å²) < 4.78 is 5.10. The number of hydrogen-bond acceptors (Lipinski definition) is 6. The van der Waals surface area contributed by atoms with E-state index in [1.165, 1.54) is 17.7 Å². The molecule has 0 aliphatic carbocycles. The third kappa shape index (κ3) is 2.99. The summed E-state index contributed by atoms with van der Waals surface area (Å²) in [5.74, 6) is 0.186. The molecule has 2 aromatic heterocycles. The fourth-order valence-electron chi connectivity index (χ4n) is 1.81. The van der Waals surface area contributed by atoms with Gasteiger partial charge >= 0.3 is 0 Å². The lowest BCUT2D eigenvalue weighted by Gasteiger charge is -2.10. The Morgan fingerprint density at radius 2 is 2.10 bits per heavy atom. The Kier molecular flexibility index (Phi) is 3.76. The van der Waals surface area contributed by atoms with Crippen LogP contribution in [0.5, 0.6) is 0 Å². The normalized spacial score (nSPS) is 12.0. The second kappa shape index (κ2) is 5.86. The van der Waals surface area contributed by atoms with Gasteiger partial charge in [0.1, 0.15) is 6.04 Å². The van der Waals surface area contributed by atoms with E-state index in [-0.39, 0.29) is 5.91 Å². The monoisotopic (exact) mass is 300 g/mol. The van der Waals surface area contributed by atoms with Crippen molar-refractivity contribution in [1.82, 2.24) is 10.2 Å². The van der Waals surface area contributed by atoms with Crippen LogP contribution >= 0.6 is 11.3 Å². The van der Waals surface area contributed by atoms with Gasteiger partial charge in [-0.3, -0.25) is 4.79 Å². The lowest BCUT2D eigenvalue weighted by atomic mass is 10.2. The highest BCUT2D eigenvalue weighted by Crippen LogP contribution is 2.21. The van der Waals surface area contributed by atoms with E-state index in [1.54, 1.807) is 24.3 Å². The maximum absolute atomic E-state index is 12.1. The van der Waals surface area contributed by atoms with Crippen molar-refractivity contribution < 1.29 is 9.21 Å². The van der Waals surface area contributed by atoms with Crippen molar-refractivity contribution in [2.45, 2.75) is 6.04 Å². The van der Waals surface area contributed by atoms with Gasteiger partial charge in [-0.1, -0.05) is 6.07 Å². The van der Waals surface area contributed by atoms with Crippen LogP contribution in [0.4, 0.5) is 5.69 Å². The fraction of sp³-hybridized carbons (Fsp3) is 0.0714. The molecule has 6 nitrogen and oxygen atoms in total. The van der Waals surface area contributed by atoms with Crippen molar-refractivity contribution in [2.75, 3.05) is 5.32 Å². The third-order valence-electron chi connectivity index (χ3n) is 2.89. The Bertz CT molecular complexity index is 708. The maximum atomic E-state index is 12.1. The Morgan fingerprint density at radius 1 is 1.29 bits per heavy atom. The molecule has 3 rings (SSSR count). The summed E-state index contributed by atoms with van der Waals surface area (Å²) in [4.78, 5) is 12.9. The zero-order valence-corrected chi connectivity index (χ0v) is 11.7. The number of hydrogen-bond donors (Lipinski definition) is 2. The molecule has 1 amide bonds. The molecule has 7 heteroatoms. The van der Waals surface area contributed by atoms with Crippen LogP contribution in [0.1, 0.15) is 10.9 Å². The molecule has 0 saturated carbocycles. The minimum Gasteiger partial charge on any atom is -0.423 e. The van der Waals surface area contributed by atoms with E-state index in [0.29, 0.717) is 11.6 Å². The summed E-state index contributed by atoms with van der Waals surface area (Å²) in [5, 5.41) is 12.1. The average molecular weight is 300 g/mol. The quantitative estimate of drug-likeness (QED) is 0.771. The fourth-order valence-corrected chi connectivity index (χ4v) is 2.54. The predicted molar refractivity (Wildman–Crippen MR) is 79.6 cm³/mol. The van der Waals surface area contributed by atoms with Crippen molar-refractivity contribution >= 4 is 22.9 Å². The number of nitrogens with zero attached hydrogens (tertiary/aromatic N) is 2. The largest absolute Gasteiger partial charge is 0.423 e. The lowest BCUT2D eigenvalue weighted by Crippen LogP contribution is -2.26. The smallest absolute Gasteiger partial charge is 0.247 e. The molecule has 3 N–H and O–H groups in total. The summed E-state index contributed by atoms with van der Waals surface area (Å²) in [7, 11) is 0. The molecular weight excluding hydrogens is 288 g/mol. The Hall–Kier alpha value is -2.51. The number of nitrogens with one attached hydrogen (secondary N) is 1. The van der Waals surface area contributed by atoms with Gasteiger partial charge in [0.05, 0.1) is 0 Å². The Morgan fingerprint density at radius 3 is 2.71 bits per heavy atom. The van der Waals surface area contributed by atoms with E-state index in [2.05, 4.69) is 15.5 Å². The van der Waals surface area contributed by atoms with E-state index < -0.39 is 6.04 Å². The summed E-state index contributed by atoms with van der Waals surface area (Å²) in [5.41, 5.74) is 7.35. The molecule has 2 heterocycles. The standard InChI is InChI=1S/C14H12N4O2S/c15-12(11-2-1-7-21-11)13(19)17-10-5-3-9(4-6-10)14-18-16-8-20-14/h1-8,12H,15H2,(H,17,19). The average Bonchev–Trinajstić information content (AvgIpc) is 3.20. The minimum absolute atomic E-state index is 0.247. The van der Waals surface area contributed by atoms with Gasteiger partial charge in [-0.2, -0.15) is 0 Å². The SMILES string of the molecule is NC(C(=O)Nc1ccc(-c2nnco2)cc1)c1cccs1. The van der Waals surface area contributed by atoms with Gasteiger partial charge in [0.25, 0.3) is 0 Å². The molecule has 0 aliphatic rings. The van der Waals surface area contributed by atoms with Crippen LogP contribution in [-0.2, 0) is 4.79 Å². The molecule has 3 aromatic rings. The van der Waals surface area contributed by atoms with Crippen LogP contribution in [-0.4, -0.2) is 16.1 Å². The number of anilines is 1. The highest BCUT2D eigenvalue weighted by Gasteiger charge is 2.16. The number of amides is 1. The second-order valence-corrected chi connectivity index (χ2v) is 5.28. The first kappa shape index (κ1) is 13.5. The van der Waals surface area contributed by atoms with Crippen LogP contribution in [0, 0.1) is 0 Å². The first-order valence-corrected chi connectivity index (χ1v) is 7.08. The molecule has 1 aromatic carbocycles. The molecule has 0 spiro atoms. The van der Waals surface area contributed by atoms with Gasteiger partial charge < -0.3 is 15.5 Å². The zero-order chi connectivity index (χ0) is 14.7. The maximum Gasteiger partial charge on any atom is 0.247 e. The van der Waals surface area contributed by atoms with Gasteiger partial charge in [-0.15, -0.1) is 21.5 Å². The van der Waals surface area contributed by atoms with Crippen LogP contribution < -0.4 is 11.1 Å². The molecule has 1 unspecified atom stereocenters. The molecule has 0 radical (unpaired) electrons. The zero-order valence-electron chi connectivity index (χ0n) is 10.9. The van der Waals surface area contributed by atoms with Crippen LogP contribution in [0.3, 0.4) is 0 Å². The van der Waals surface area contributed by atoms with E-state index in [9.17, 15) is 4.79 Å². The molecule has 106 valence electrons. The number of thiophene rings is 1. The second-order valence-electron chi connectivity index (χ2n) is 4.30. The van der Waals surface area contributed by atoms with E-state index in [1.807, 2.05) is 17.5 Å². The van der Waals surface area contributed by atoms with Crippen molar-refractivity contribution in [3.8, 4) is 11.5 Å². The first-order chi connectivity index (χ1) is 10.2. The summed E-state index contributed by atoms with van der Waals surface area (Å²) in [6.07, 6.45) is 1.27. The lowest BCUT2D eigenvalue weighted by molar-refractivity contribution is -0.117. The summed E-state index contributed by atoms with van der Waals surface area (Å²) in [6, 6.07) is 10.2. The molecule has 0 saturated heterocycles. The molecule has 0 bridgehead atoms. The van der Waals surface area contributed by atoms with Gasteiger partial charge in [0.2, 0.25) is 18.2 Å². The number of rotatable bonds is 4. The first-order valence-electron chi connectivity index (χ1n) is 6.20. The predicted octanol–water partition coefficient (Wildman–Crippen LogP) is 2.44. The van der Waals surface area contributed by atoms with Gasteiger partial charge in [-0.25, -0.2) is 0 Å². The highest BCUT2D eigenvalue weighted by molar-refractivity contribution is 7.10. The number of benzene rings is 1. The number of nitrogens with two attached hydrogens (primary N) is 1. The van der Waals surface area contributed by atoms with Gasteiger partial charge in [-0.05, 0) is 35.7 Å². The molecule has 0 fully saturated rings. The third-order valence-corrected chi connectivity index (χ3v) is 3.85. The van der Waals surface area contributed by atoms with Crippen molar-refractivity contribution in [3.05, 3.63) is 53.0 Å². The minimum atomic E-state index is -0.666. The Labute approximate surface area is 124 Å². The molecule has 21 heavy (non-hydrogen) atoms. The highest BCUT2D eigenvalue weighted by atomic mass is 32.1. The molecule has 0 aliphatic heterocycles. The van der Waals surface area contributed by atoms with Crippen molar-refractivity contribution in [1.29, 1.82) is 0 Å². The van der Waals surface area contributed by atoms with E-state index in [0.717, 1.165) is 10.4 Å². The summed E-state index contributed by atoms with van der Waals surface area (Å²) in [6.45, 7) is 0. The van der Waals surface area contributed by atoms with E-state index in [4.69, 9.17) is 10.2 Å². The van der Waals surface area contributed by atoms with Crippen molar-refractivity contribution in [3.63, 3.8) is 0 Å². The Balaban J connectivity index is 1.69. The van der Waals surface area contributed by atoms with Crippen molar-refractivity contribution in [2.24, 2.45) is 5.73 Å². The topological polar surface area (TPSA) is 94.0 Å². The van der Waals surface area contributed by atoms with Gasteiger partial charge in [0.15, 0.2) is 0 Å². The number of aromatic nitrogens is 2. The molecule has 1 atom stereocenters. The van der Waals surface area contributed by atoms with E-state index >= 15 is 0 Å².